The van der Waals surface area contributed by atoms with Gasteiger partial charge in [-0.1, -0.05) is 25.1 Å². The van der Waals surface area contributed by atoms with Crippen LogP contribution in [-0.4, -0.2) is 17.5 Å². The second-order valence-corrected chi connectivity index (χ2v) is 5.62. The number of carbonyl (C=O) groups excluding carboxylic acids is 1. The fourth-order valence-corrected chi connectivity index (χ4v) is 3.02. The number of phenols is 1. The van der Waals surface area contributed by atoms with E-state index in [4.69, 9.17) is 9.47 Å². The Morgan fingerprint density at radius 1 is 1.30 bits per heavy atom. The zero-order chi connectivity index (χ0) is 16.4. The highest BCUT2D eigenvalue weighted by Gasteiger charge is 2.29. The highest BCUT2D eigenvalue weighted by Crippen LogP contribution is 2.47. The van der Waals surface area contributed by atoms with Crippen LogP contribution in [0.5, 0.6) is 23.0 Å². The number of phenolic OH excluding ortho intramolecular Hbond substituents is 1. The van der Waals surface area contributed by atoms with Gasteiger partial charge in [-0.05, 0) is 38.3 Å². The van der Waals surface area contributed by atoms with Gasteiger partial charge in [0.1, 0.15) is 11.5 Å². The third-order valence-corrected chi connectivity index (χ3v) is 4.07. The number of hydrogen-bond donors (Lipinski definition) is 1. The molecule has 2 aromatic carbocycles. The summed E-state index contributed by atoms with van der Waals surface area (Å²) in [7, 11) is 0. The molecule has 120 valence electrons. The molecule has 0 radical (unpaired) electrons. The SMILES string of the molecule is CCc1c(O)c2c(c(Oc3ccccc3)c1C(C)=O)OCCC2. The van der Waals surface area contributed by atoms with E-state index in [1.165, 1.54) is 6.92 Å². The summed E-state index contributed by atoms with van der Waals surface area (Å²) in [5.41, 5.74) is 1.78. The first-order valence-corrected chi connectivity index (χ1v) is 7.90. The van der Waals surface area contributed by atoms with Gasteiger partial charge < -0.3 is 14.6 Å². The molecule has 23 heavy (non-hydrogen) atoms. The lowest BCUT2D eigenvalue weighted by Crippen LogP contribution is -2.14. The minimum absolute atomic E-state index is 0.139. The van der Waals surface area contributed by atoms with Crippen molar-refractivity contribution >= 4 is 5.78 Å². The summed E-state index contributed by atoms with van der Waals surface area (Å²) in [4.78, 5) is 12.2. The number of ether oxygens (including phenoxy) is 2. The van der Waals surface area contributed by atoms with Gasteiger partial charge in [0.2, 0.25) is 0 Å². The largest absolute Gasteiger partial charge is 0.507 e. The van der Waals surface area contributed by atoms with Crippen LogP contribution in [0.25, 0.3) is 0 Å². The van der Waals surface area contributed by atoms with Crippen LogP contribution in [0.3, 0.4) is 0 Å². The van der Waals surface area contributed by atoms with Gasteiger partial charge in [-0.25, -0.2) is 0 Å². The Kier molecular flexibility index (Phi) is 4.24. The number of hydrogen-bond acceptors (Lipinski definition) is 4. The topological polar surface area (TPSA) is 55.8 Å². The molecule has 0 bridgehead atoms. The van der Waals surface area contributed by atoms with Gasteiger partial charge in [0.15, 0.2) is 17.3 Å². The quantitative estimate of drug-likeness (QED) is 0.856. The number of para-hydroxylation sites is 1. The predicted octanol–water partition coefficient (Wildman–Crippen LogP) is 4.27. The number of rotatable bonds is 4. The molecular weight excluding hydrogens is 292 g/mol. The highest BCUT2D eigenvalue weighted by atomic mass is 16.5. The minimum Gasteiger partial charge on any atom is -0.507 e. The Morgan fingerprint density at radius 3 is 2.70 bits per heavy atom. The van der Waals surface area contributed by atoms with Gasteiger partial charge >= 0.3 is 0 Å². The molecule has 4 nitrogen and oxygen atoms in total. The zero-order valence-electron chi connectivity index (χ0n) is 13.4. The molecule has 1 heterocycles. The Labute approximate surface area is 135 Å². The van der Waals surface area contributed by atoms with Crippen LogP contribution in [0.1, 0.15) is 41.8 Å². The highest BCUT2D eigenvalue weighted by molar-refractivity contribution is 6.00. The number of aromatic hydroxyl groups is 1. The number of fused-ring (bicyclic) bond motifs is 1. The molecule has 2 aromatic rings. The number of carbonyl (C=O) groups is 1. The molecule has 0 aliphatic carbocycles. The van der Waals surface area contributed by atoms with E-state index in [2.05, 4.69) is 0 Å². The maximum atomic E-state index is 12.2. The van der Waals surface area contributed by atoms with Crippen molar-refractivity contribution in [2.75, 3.05) is 6.61 Å². The van der Waals surface area contributed by atoms with Crippen LogP contribution in [0.2, 0.25) is 0 Å². The van der Waals surface area contributed by atoms with Gasteiger partial charge in [-0.15, -0.1) is 0 Å². The van der Waals surface area contributed by atoms with E-state index < -0.39 is 0 Å². The number of Topliss-reactive ketones (excluding diaryl/α,β-unsaturated/α-hetero) is 1. The molecule has 0 saturated heterocycles. The first-order chi connectivity index (χ1) is 11.1. The van der Waals surface area contributed by atoms with E-state index in [1.807, 2.05) is 37.3 Å². The first-order valence-electron chi connectivity index (χ1n) is 7.90. The fraction of sp³-hybridized carbons (Fsp3) is 0.316. The molecular formula is C19H20O4. The molecule has 0 spiro atoms. The van der Waals surface area contributed by atoms with E-state index in [9.17, 15) is 9.90 Å². The summed E-state index contributed by atoms with van der Waals surface area (Å²) in [5, 5.41) is 10.6. The van der Waals surface area contributed by atoms with Crippen molar-refractivity contribution in [1.29, 1.82) is 0 Å². The summed E-state index contributed by atoms with van der Waals surface area (Å²) in [6.07, 6.45) is 2.12. The molecule has 1 aliphatic heterocycles. The zero-order valence-corrected chi connectivity index (χ0v) is 13.4. The molecule has 4 heteroatoms. The molecule has 3 rings (SSSR count). The van der Waals surface area contributed by atoms with E-state index in [0.29, 0.717) is 41.4 Å². The lowest BCUT2D eigenvalue weighted by molar-refractivity contribution is 0.101. The molecule has 0 saturated carbocycles. The summed E-state index contributed by atoms with van der Waals surface area (Å²) < 4.78 is 11.8. The first kappa shape index (κ1) is 15.4. The van der Waals surface area contributed by atoms with Crippen LogP contribution >= 0.6 is 0 Å². The molecule has 1 aliphatic rings. The van der Waals surface area contributed by atoms with Crippen molar-refractivity contribution in [1.82, 2.24) is 0 Å². The average Bonchev–Trinajstić information content (AvgIpc) is 2.57. The lowest BCUT2D eigenvalue weighted by atomic mass is 9.92. The van der Waals surface area contributed by atoms with Gasteiger partial charge in [0, 0.05) is 11.1 Å². The van der Waals surface area contributed by atoms with E-state index >= 15 is 0 Å². The predicted molar refractivity (Wildman–Crippen MR) is 87.8 cm³/mol. The molecule has 0 aromatic heterocycles. The number of benzene rings is 2. The summed E-state index contributed by atoms with van der Waals surface area (Å²) in [6.45, 7) is 3.96. The van der Waals surface area contributed by atoms with Gasteiger partial charge in [0.25, 0.3) is 0 Å². The molecule has 0 amide bonds. The van der Waals surface area contributed by atoms with Crippen LogP contribution < -0.4 is 9.47 Å². The molecule has 0 fully saturated rings. The third-order valence-electron chi connectivity index (χ3n) is 4.07. The normalized spacial score (nSPS) is 13.1. The van der Waals surface area contributed by atoms with Gasteiger partial charge in [-0.3, -0.25) is 4.79 Å². The van der Waals surface area contributed by atoms with Crippen molar-refractivity contribution in [2.45, 2.75) is 33.1 Å². The van der Waals surface area contributed by atoms with Crippen molar-refractivity contribution in [3.05, 3.63) is 47.0 Å². The third kappa shape index (κ3) is 2.77. The smallest absolute Gasteiger partial charge is 0.180 e. The van der Waals surface area contributed by atoms with Crippen molar-refractivity contribution < 1.29 is 19.4 Å². The van der Waals surface area contributed by atoms with Gasteiger partial charge in [-0.2, -0.15) is 0 Å². The standard InChI is InChI=1S/C19H20O4/c1-3-14-16(12(2)20)19(23-13-8-5-4-6-9-13)18-15(17(14)21)10-7-11-22-18/h4-6,8-9,21H,3,7,10-11H2,1-2H3. The van der Waals surface area contributed by atoms with Crippen LogP contribution in [0.4, 0.5) is 0 Å². The fourth-order valence-electron chi connectivity index (χ4n) is 3.02. The maximum Gasteiger partial charge on any atom is 0.180 e. The maximum absolute atomic E-state index is 12.2. The Hall–Kier alpha value is -2.49. The van der Waals surface area contributed by atoms with Crippen molar-refractivity contribution in [2.24, 2.45) is 0 Å². The minimum atomic E-state index is -0.139. The Bertz CT molecular complexity index is 735. The van der Waals surface area contributed by atoms with E-state index in [1.54, 1.807) is 0 Å². The van der Waals surface area contributed by atoms with Crippen LogP contribution in [-0.2, 0) is 12.8 Å². The van der Waals surface area contributed by atoms with E-state index in [-0.39, 0.29) is 11.5 Å². The van der Waals surface area contributed by atoms with Crippen LogP contribution in [0, 0.1) is 0 Å². The second-order valence-electron chi connectivity index (χ2n) is 5.62. The molecule has 0 unspecified atom stereocenters. The molecule has 0 atom stereocenters. The lowest BCUT2D eigenvalue weighted by Gasteiger charge is -2.25. The van der Waals surface area contributed by atoms with E-state index in [0.717, 1.165) is 18.4 Å². The summed E-state index contributed by atoms with van der Waals surface area (Å²) in [6, 6.07) is 9.31. The number of ketones is 1. The second kappa shape index (κ2) is 6.32. The van der Waals surface area contributed by atoms with Crippen LogP contribution in [0.15, 0.2) is 30.3 Å². The van der Waals surface area contributed by atoms with Gasteiger partial charge in [0.05, 0.1) is 12.2 Å². The Morgan fingerprint density at radius 2 is 2.04 bits per heavy atom. The molecule has 1 N–H and O–H groups in total. The monoisotopic (exact) mass is 312 g/mol. The average molecular weight is 312 g/mol. The van der Waals surface area contributed by atoms with Crippen molar-refractivity contribution in [3.63, 3.8) is 0 Å². The van der Waals surface area contributed by atoms with Crippen molar-refractivity contribution in [3.8, 4) is 23.0 Å². The summed E-state index contributed by atoms with van der Waals surface area (Å²) in [5.74, 6) is 1.60. The Balaban J connectivity index is 2.24. The summed E-state index contributed by atoms with van der Waals surface area (Å²) >= 11 is 0.